The van der Waals surface area contributed by atoms with E-state index in [-0.39, 0.29) is 5.41 Å². The predicted octanol–water partition coefficient (Wildman–Crippen LogP) is 3.80. The third kappa shape index (κ3) is 2.14. The highest BCUT2D eigenvalue weighted by Gasteiger charge is 2.38. The number of ketones is 1. The van der Waals surface area contributed by atoms with Gasteiger partial charge in [-0.3, -0.25) is 4.79 Å². The van der Waals surface area contributed by atoms with Crippen LogP contribution in [0.5, 0.6) is 0 Å². The fraction of sp³-hybridized carbons (Fsp3) is 0.389. The third-order valence-electron chi connectivity index (χ3n) is 4.66. The second-order valence-electron chi connectivity index (χ2n) is 5.77. The Bertz CT molecular complexity index is 621. The highest BCUT2D eigenvalue weighted by atomic mass is 16.1. The molecule has 0 aromatic heterocycles. The molecule has 2 heteroatoms. The van der Waals surface area contributed by atoms with Crippen LogP contribution < -0.4 is 5.32 Å². The number of nitrogens with one attached hydrogen (secondary N) is 1. The van der Waals surface area contributed by atoms with Crippen molar-refractivity contribution in [1.82, 2.24) is 5.32 Å². The van der Waals surface area contributed by atoms with E-state index in [4.69, 9.17) is 0 Å². The van der Waals surface area contributed by atoms with E-state index < -0.39 is 0 Å². The average Bonchev–Trinajstić information content (AvgIpc) is 2.54. The van der Waals surface area contributed by atoms with Crippen molar-refractivity contribution in [2.75, 3.05) is 13.1 Å². The summed E-state index contributed by atoms with van der Waals surface area (Å²) < 4.78 is 0. The molecule has 104 valence electrons. The van der Waals surface area contributed by atoms with Crippen LogP contribution in [0.15, 0.2) is 42.5 Å². The number of Topliss-reactive ketones (excluding diaryl/α,β-unsaturated/α-hetero) is 1. The second-order valence-corrected chi connectivity index (χ2v) is 5.77. The fourth-order valence-electron chi connectivity index (χ4n) is 3.33. The van der Waals surface area contributed by atoms with E-state index in [1.807, 2.05) is 24.3 Å². The molecule has 0 saturated carbocycles. The van der Waals surface area contributed by atoms with Crippen molar-refractivity contribution in [2.24, 2.45) is 5.41 Å². The molecule has 2 aromatic rings. The predicted molar refractivity (Wildman–Crippen MR) is 83.1 cm³/mol. The molecule has 2 nitrogen and oxygen atoms in total. The number of hydrogen-bond acceptors (Lipinski definition) is 2. The maximum atomic E-state index is 13.1. The smallest absolute Gasteiger partial charge is 0.170 e. The molecule has 3 rings (SSSR count). The van der Waals surface area contributed by atoms with Crippen LogP contribution in [-0.2, 0) is 0 Å². The lowest BCUT2D eigenvalue weighted by atomic mass is 9.72. The highest BCUT2D eigenvalue weighted by molar-refractivity contribution is 6.10. The largest absolute Gasteiger partial charge is 0.316 e. The van der Waals surface area contributed by atoms with E-state index >= 15 is 0 Å². The molecule has 1 N–H and O–H groups in total. The molecule has 1 unspecified atom stereocenters. The number of fused-ring (bicyclic) bond motifs is 1. The van der Waals surface area contributed by atoms with Crippen LogP contribution in [0, 0.1) is 5.41 Å². The number of benzene rings is 2. The van der Waals surface area contributed by atoms with Gasteiger partial charge in [-0.2, -0.15) is 0 Å². The Kier molecular flexibility index (Phi) is 3.58. The SMILES string of the molecule is CCC1(C(=O)c2cccc3ccccc23)CCCNC1. The van der Waals surface area contributed by atoms with E-state index in [1.54, 1.807) is 0 Å². The quantitative estimate of drug-likeness (QED) is 0.857. The van der Waals surface area contributed by atoms with Gasteiger partial charge < -0.3 is 5.32 Å². The maximum absolute atomic E-state index is 13.1. The van der Waals surface area contributed by atoms with Crippen molar-refractivity contribution in [2.45, 2.75) is 26.2 Å². The van der Waals surface area contributed by atoms with Crippen molar-refractivity contribution < 1.29 is 4.79 Å². The van der Waals surface area contributed by atoms with Crippen molar-refractivity contribution in [3.05, 3.63) is 48.0 Å². The zero-order valence-corrected chi connectivity index (χ0v) is 12.0. The molecule has 0 aliphatic carbocycles. The normalized spacial score (nSPS) is 22.9. The van der Waals surface area contributed by atoms with Gasteiger partial charge in [0.25, 0.3) is 0 Å². The summed E-state index contributed by atoms with van der Waals surface area (Å²) in [6.45, 7) is 3.98. The van der Waals surface area contributed by atoms with Crippen LogP contribution in [0.2, 0.25) is 0 Å². The van der Waals surface area contributed by atoms with E-state index in [0.29, 0.717) is 5.78 Å². The Morgan fingerprint density at radius 3 is 2.75 bits per heavy atom. The summed E-state index contributed by atoms with van der Waals surface area (Å²) in [6.07, 6.45) is 2.99. The number of rotatable bonds is 3. The van der Waals surface area contributed by atoms with Crippen molar-refractivity contribution >= 4 is 16.6 Å². The minimum Gasteiger partial charge on any atom is -0.316 e. The van der Waals surface area contributed by atoms with Gasteiger partial charge in [0, 0.05) is 17.5 Å². The molecule has 20 heavy (non-hydrogen) atoms. The lowest BCUT2D eigenvalue weighted by Crippen LogP contribution is -2.45. The minimum atomic E-state index is -0.220. The minimum absolute atomic E-state index is 0.220. The molecule has 1 heterocycles. The van der Waals surface area contributed by atoms with E-state index in [2.05, 4.69) is 30.4 Å². The van der Waals surface area contributed by atoms with Crippen LogP contribution in [-0.4, -0.2) is 18.9 Å². The molecular weight excluding hydrogens is 246 g/mol. The van der Waals surface area contributed by atoms with Gasteiger partial charge >= 0.3 is 0 Å². The molecule has 1 saturated heterocycles. The number of carbonyl (C=O) groups excluding carboxylic acids is 1. The van der Waals surface area contributed by atoms with Gasteiger partial charge in [0.05, 0.1) is 0 Å². The van der Waals surface area contributed by atoms with Crippen molar-refractivity contribution in [3.8, 4) is 0 Å². The Labute approximate surface area is 120 Å². The van der Waals surface area contributed by atoms with Gasteiger partial charge in [-0.15, -0.1) is 0 Å². The van der Waals surface area contributed by atoms with E-state index in [9.17, 15) is 4.79 Å². The number of hydrogen-bond donors (Lipinski definition) is 1. The summed E-state index contributed by atoms with van der Waals surface area (Å²) in [7, 11) is 0. The fourth-order valence-corrected chi connectivity index (χ4v) is 3.33. The van der Waals surface area contributed by atoms with Gasteiger partial charge in [-0.1, -0.05) is 49.4 Å². The van der Waals surface area contributed by atoms with E-state index in [0.717, 1.165) is 48.7 Å². The average molecular weight is 267 g/mol. The Morgan fingerprint density at radius 1 is 1.20 bits per heavy atom. The van der Waals surface area contributed by atoms with Gasteiger partial charge in [-0.25, -0.2) is 0 Å². The van der Waals surface area contributed by atoms with Gasteiger partial charge in [0.1, 0.15) is 0 Å². The van der Waals surface area contributed by atoms with E-state index in [1.165, 1.54) is 0 Å². The second kappa shape index (κ2) is 5.37. The summed E-state index contributed by atoms with van der Waals surface area (Å²) in [6, 6.07) is 14.2. The Hall–Kier alpha value is -1.67. The van der Waals surface area contributed by atoms with Crippen molar-refractivity contribution in [1.29, 1.82) is 0 Å². The Balaban J connectivity index is 2.08. The molecule has 1 aliphatic rings. The molecule has 0 bridgehead atoms. The van der Waals surface area contributed by atoms with Gasteiger partial charge in [-0.05, 0) is 36.6 Å². The molecule has 0 spiro atoms. The molecule has 0 amide bonds. The number of piperidine rings is 1. The van der Waals surface area contributed by atoms with Crippen LogP contribution in [0.4, 0.5) is 0 Å². The molecule has 1 atom stereocenters. The van der Waals surface area contributed by atoms with Crippen LogP contribution in [0.1, 0.15) is 36.5 Å². The van der Waals surface area contributed by atoms with Crippen LogP contribution in [0.3, 0.4) is 0 Å². The van der Waals surface area contributed by atoms with Gasteiger partial charge in [0.15, 0.2) is 5.78 Å². The standard InChI is InChI=1S/C18H21NO/c1-2-18(11-6-12-19-13-18)17(20)16-10-5-8-14-7-3-4-9-15(14)16/h3-5,7-10,19H,2,6,11-13H2,1H3. The van der Waals surface area contributed by atoms with Crippen LogP contribution in [0.25, 0.3) is 10.8 Å². The summed E-state index contributed by atoms with van der Waals surface area (Å²) in [5.41, 5.74) is 0.663. The zero-order valence-electron chi connectivity index (χ0n) is 12.0. The first-order valence-corrected chi connectivity index (χ1v) is 7.50. The Morgan fingerprint density at radius 2 is 2.00 bits per heavy atom. The van der Waals surface area contributed by atoms with Crippen molar-refractivity contribution in [3.63, 3.8) is 0 Å². The lowest BCUT2D eigenvalue weighted by molar-refractivity contribution is 0.0732. The summed E-state index contributed by atoms with van der Waals surface area (Å²) in [5, 5.41) is 5.63. The zero-order chi connectivity index (χ0) is 14.0. The first-order chi connectivity index (χ1) is 9.77. The lowest BCUT2D eigenvalue weighted by Gasteiger charge is -2.35. The van der Waals surface area contributed by atoms with Gasteiger partial charge in [0.2, 0.25) is 0 Å². The summed E-state index contributed by atoms with van der Waals surface area (Å²) in [5.74, 6) is 0.309. The third-order valence-corrected chi connectivity index (χ3v) is 4.66. The molecule has 0 radical (unpaired) electrons. The maximum Gasteiger partial charge on any atom is 0.170 e. The molecule has 2 aromatic carbocycles. The molecule has 1 aliphatic heterocycles. The summed E-state index contributed by atoms with van der Waals surface area (Å²) >= 11 is 0. The molecular formula is C18H21NO. The number of carbonyl (C=O) groups is 1. The first kappa shape index (κ1) is 13.3. The first-order valence-electron chi connectivity index (χ1n) is 7.50. The topological polar surface area (TPSA) is 29.1 Å². The monoisotopic (exact) mass is 267 g/mol. The molecule has 1 fully saturated rings. The summed E-state index contributed by atoms with van der Waals surface area (Å²) in [4.78, 5) is 13.1. The highest BCUT2D eigenvalue weighted by Crippen LogP contribution is 2.35. The van der Waals surface area contributed by atoms with Crippen LogP contribution >= 0.6 is 0 Å².